The van der Waals surface area contributed by atoms with E-state index in [-0.39, 0.29) is 5.75 Å². The first-order chi connectivity index (χ1) is 11.8. The van der Waals surface area contributed by atoms with E-state index in [2.05, 4.69) is 10.9 Å². The van der Waals surface area contributed by atoms with E-state index in [0.717, 1.165) is 16.8 Å². The normalized spacial score (nSPS) is 11.4. The molecule has 0 aliphatic rings. The van der Waals surface area contributed by atoms with Crippen molar-refractivity contribution in [2.45, 2.75) is 19.6 Å². The van der Waals surface area contributed by atoms with Crippen molar-refractivity contribution in [3.8, 4) is 5.75 Å². The fraction of sp³-hybridized carbons (Fsp3) is 0.200. The van der Waals surface area contributed by atoms with Gasteiger partial charge in [-0.1, -0.05) is 0 Å². The van der Waals surface area contributed by atoms with Crippen LogP contribution < -0.4 is 26.8 Å². The van der Waals surface area contributed by atoms with Gasteiger partial charge in [-0.05, 0) is 31.2 Å². The van der Waals surface area contributed by atoms with E-state index in [1.807, 2.05) is 4.98 Å². The Labute approximate surface area is 140 Å². The Balaban J connectivity index is 1.83. The predicted molar refractivity (Wildman–Crippen MR) is 84.1 cm³/mol. The summed E-state index contributed by atoms with van der Waals surface area (Å²) in [6.07, 6.45) is 0.199. The molecule has 25 heavy (non-hydrogen) atoms. The molecule has 3 N–H and O–H groups in total. The van der Waals surface area contributed by atoms with Crippen molar-refractivity contribution >= 4 is 11.8 Å². The van der Waals surface area contributed by atoms with E-state index in [1.165, 1.54) is 31.2 Å². The first-order valence-corrected chi connectivity index (χ1v) is 7.16. The van der Waals surface area contributed by atoms with Crippen LogP contribution in [-0.2, 0) is 16.1 Å². The third-order valence-electron chi connectivity index (χ3n) is 3.03. The van der Waals surface area contributed by atoms with Gasteiger partial charge in [-0.25, -0.2) is 9.18 Å². The number of halogens is 1. The fourth-order valence-electron chi connectivity index (χ4n) is 1.77. The number of ether oxygens (including phenoxy) is 1. The van der Waals surface area contributed by atoms with Crippen LogP contribution in [0.5, 0.6) is 5.75 Å². The number of carbonyl (C=O) groups is 2. The highest BCUT2D eigenvalue weighted by Gasteiger charge is 2.15. The monoisotopic (exact) mass is 350 g/mol. The Bertz CT molecular complexity index is 874. The lowest BCUT2D eigenvalue weighted by molar-refractivity contribution is -0.133. The smallest absolute Gasteiger partial charge is 0.328 e. The molecule has 1 atom stereocenters. The molecule has 1 aromatic carbocycles. The summed E-state index contributed by atoms with van der Waals surface area (Å²) >= 11 is 0. The average molecular weight is 350 g/mol. The summed E-state index contributed by atoms with van der Waals surface area (Å²) in [6, 6.07) is 6.18. The van der Waals surface area contributed by atoms with Gasteiger partial charge < -0.3 is 4.74 Å². The number of rotatable bonds is 5. The number of hydrazine groups is 1. The number of carbonyl (C=O) groups excluding carboxylic acids is 2. The van der Waals surface area contributed by atoms with Crippen molar-refractivity contribution in [2.24, 2.45) is 0 Å². The molecule has 0 aliphatic heterocycles. The number of nitrogens with one attached hydrogen (secondary N) is 3. The van der Waals surface area contributed by atoms with E-state index < -0.39 is 41.5 Å². The summed E-state index contributed by atoms with van der Waals surface area (Å²) in [4.78, 5) is 47.9. The van der Waals surface area contributed by atoms with Crippen LogP contribution in [0.2, 0.25) is 0 Å². The Hall–Kier alpha value is -3.43. The van der Waals surface area contributed by atoms with E-state index in [4.69, 9.17) is 4.74 Å². The maximum atomic E-state index is 12.8. The first kappa shape index (κ1) is 17.9. The van der Waals surface area contributed by atoms with Crippen LogP contribution in [0.4, 0.5) is 4.39 Å². The van der Waals surface area contributed by atoms with Crippen LogP contribution in [0, 0.1) is 5.82 Å². The van der Waals surface area contributed by atoms with Crippen molar-refractivity contribution in [3.05, 3.63) is 63.2 Å². The van der Waals surface area contributed by atoms with Gasteiger partial charge in [0, 0.05) is 12.3 Å². The molecule has 2 amide bonds. The van der Waals surface area contributed by atoms with Gasteiger partial charge in [0.15, 0.2) is 6.10 Å². The third-order valence-corrected chi connectivity index (χ3v) is 3.03. The van der Waals surface area contributed by atoms with Gasteiger partial charge in [0.2, 0.25) is 0 Å². The van der Waals surface area contributed by atoms with Gasteiger partial charge in [-0.3, -0.25) is 34.8 Å². The van der Waals surface area contributed by atoms with Gasteiger partial charge in [-0.2, -0.15) is 0 Å². The molecule has 0 aliphatic carbocycles. The molecular formula is C15H15FN4O5. The standard InChI is InChI=1S/C15H15FN4O5/c1-9(25-11-4-2-10(16)3-5-11)14(23)19-18-13(22)8-20-7-6-12(21)17-15(20)24/h2-7,9H,8H2,1H3,(H,18,22)(H,19,23)(H,17,21,24)/t9-/m1/s1. The van der Waals surface area contributed by atoms with Crippen molar-refractivity contribution in [3.63, 3.8) is 0 Å². The summed E-state index contributed by atoms with van der Waals surface area (Å²) in [5, 5.41) is 0. The van der Waals surface area contributed by atoms with Crippen LogP contribution in [0.1, 0.15) is 6.92 Å². The number of amides is 2. The Morgan fingerprint density at radius 3 is 2.52 bits per heavy atom. The molecule has 0 bridgehead atoms. The second-order valence-corrected chi connectivity index (χ2v) is 4.99. The minimum atomic E-state index is -0.957. The number of H-pyrrole nitrogens is 1. The van der Waals surface area contributed by atoms with E-state index >= 15 is 0 Å². The maximum Gasteiger partial charge on any atom is 0.328 e. The molecule has 0 saturated carbocycles. The second kappa shape index (κ2) is 7.90. The summed E-state index contributed by atoms with van der Waals surface area (Å²) in [5.74, 6) is -1.48. The van der Waals surface area contributed by atoms with Gasteiger partial charge in [0.25, 0.3) is 17.4 Å². The Kier molecular flexibility index (Phi) is 5.66. The highest BCUT2D eigenvalue weighted by molar-refractivity contribution is 5.84. The molecule has 0 spiro atoms. The van der Waals surface area contributed by atoms with Gasteiger partial charge >= 0.3 is 5.69 Å². The van der Waals surface area contributed by atoms with E-state index in [0.29, 0.717) is 0 Å². The molecule has 9 nitrogen and oxygen atoms in total. The second-order valence-electron chi connectivity index (χ2n) is 4.99. The number of benzene rings is 1. The van der Waals surface area contributed by atoms with Crippen LogP contribution in [0.15, 0.2) is 46.1 Å². The highest BCUT2D eigenvalue weighted by atomic mass is 19.1. The lowest BCUT2D eigenvalue weighted by Gasteiger charge is -2.15. The average Bonchev–Trinajstić information content (AvgIpc) is 2.57. The van der Waals surface area contributed by atoms with Crippen LogP contribution >= 0.6 is 0 Å². The number of aromatic nitrogens is 2. The molecule has 0 radical (unpaired) electrons. The molecule has 1 heterocycles. The van der Waals surface area contributed by atoms with Crippen LogP contribution in [0.25, 0.3) is 0 Å². The molecule has 1 aromatic heterocycles. The fourth-order valence-corrected chi connectivity index (χ4v) is 1.77. The third kappa shape index (κ3) is 5.30. The maximum absolute atomic E-state index is 12.8. The number of hydrogen-bond donors (Lipinski definition) is 3. The zero-order valence-corrected chi connectivity index (χ0v) is 13.1. The highest BCUT2D eigenvalue weighted by Crippen LogP contribution is 2.12. The molecule has 0 unspecified atom stereocenters. The zero-order chi connectivity index (χ0) is 18.4. The lowest BCUT2D eigenvalue weighted by atomic mass is 10.3. The molecule has 2 aromatic rings. The Morgan fingerprint density at radius 2 is 1.88 bits per heavy atom. The van der Waals surface area contributed by atoms with Gasteiger partial charge in [0.1, 0.15) is 18.1 Å². The summed E-state index contributed by atoms with van der Waals surface area (Å²) in [6.45, 7) is 1.04. The molecular weight excluding hydrogens is 335 g/mol. The molecule has 2 rings (SSSR count). The van der Waals surface area contributed by atoms with Crippen molar-refractivity contribution in [1.29, 1.82) is 0 Å². The number of nitrogens with zero attached hydrogens (tertiary/aromatic N) is 1. The molecule has 10 heteroatoms. The Morgan fingerprint density at radius 1 is 1.20 bits per heavy atom. The van der Waals surface area contributed by atoms with E-state index in [1.54, 1.807) is 0 Å². The van der Waals surface area contributed by atoms with Gasteiger partial charge in [0.05, 0.1) is 0 Å². The molecule has 132 valence electrons. The zero-order valence-electron chi connectivity index (χ0n) is 13.1. The number of hydrogen-bond acceptors (Lipinski definition) is 5. The minimum Gasteiger partial charge on any atom is -0.481 e. The van der Waals surface area contributed by atoms with Crippen molar-refractivity contribution < 1.29 is 18.7 Å². The van der Waals surface area contributed by atoms with Gasteiger partial charge in [-0.15, -0.1) is 0 Å². The lowest BCUT2D eigenvalue weighted by Crippen LogP contribution is -2.48. The summed E-state index contributed by atoms with van der Waals surface area (Å²) in [7, 11) is 0. The SMILES string of the molecule is C[C@@H](Oc1ccc(F)cc1)C(=O)NNC(=O)Cn1ccc(=O)[nH]c1=O. The van der Waals surface area contributed by atoms with Crippen LogP contribution in [-0.4, -0.2) is 27.5 Å². The van der Waals surface area contributed by atoms with Crippen molar-refractivity contribution in [2.75, 3.05) is 0 Å². The number of aromatic amines is 1. The minimum absolute atomic E-state index is 0.287. The summed E-state index contributed by atoms with van der Waals surface area (Å²) in [5.41, 5.74) is 2.93. The van der Waals surface area contributed by atoms with E-state index in [9.17, 15) is 23.6 Å². The topological polar surface area (TPSA) is 122 Å². The van der Waals surface area contributed by atoms with Crippen molar-refractivity contribution in [1.82, 2.24) is 20.4 Å². The first-order valence-electron chi connectivity index (χ1n) is 7.16. The quantitative estimate of drug-likeness (QED) is 0.615. The molecule has 0 saturated heterocycles. The predicted octanol–water partition coefficient (Wildman–Crippen LogP) is -0.709. The largest absolute Gasteiger partial charge is 0.481 e. The summed E-state index contributed by atoms with van der Waals surface area (Å²) < 4.78 is 19.0. The van der Waals surface area contributed by atoms with Crippen LogP contribution in [0.3, 0.4) is 0 Å². The molecule has 0 fully saturated rings.